The predicted molar refractivity (Wildman–Crippen MR) is 74.5 cm³/mol. The van der Waals surface area contributed by atoms with E-state index in [1.807, 2.05) is 48.5 Å². The molecule has 0 bridgehead atoms. The van der Waals surface area contributed by atoms with Crippen molar-refractivity contribution in [2.24, 2.45) is 0 Å². The van der Waals surface area contributed by atoms with Crippen LogP contribution in [0.5, 0.6) is 0 Å². The van der Waals surface area contributed by atoms with Crippen LogP contribution in [0.1, 0.15) is 0 Å². The largest absolute Gasteiger partial charge is 0.399 e. The summed E-state index contributed by atoms with van der Waals surface area (Å²) in [4.78, 5) is 1.95. The minimum atomic E-state index is 0.729. The van der Waals surface area contributed by atoms with E-state index in [2.05, 4.69) is 0 Å². The van der Waals surface area contributed by atoms with Crippen molar-refractivity contribution in [1.82, 2.24) is 0 Å². The fourth-order valence-corrected chi connectivity index (χ4v) is 2.63. The molecule has 0 aliphatic heterocycles. The zero-order valence-corrected chi connectivity index (χ0v) is 10.6. The molecular formula is C12H12N2OS2. The van der Waals surface area contributed by atoms with Crippen LogP contribution in [0.3, 0.4) is 0 Å². The molecule has 0 saturated carbocycles. The summed E-state index contributed by atoms with van der Waals surface area (Å²) in [5.41, 5.74) is 12.8. The number of rotatable bonds is 4. The van der Waals surface area contributed by atoms with Gasteiger partial charge >= 0.3 is 0 Å². The molecule has 2 aromatic carbocycles. The summed E-state index contributed by atoms with van der Waals surface area (Å²) >= 11 is 2.55. The van der Waals surface area contributed by atoms with E-state index in [1.165, 1.54) is 24.1 Å². The fourth-order valence-electron chi connectivity index (χ4n) is 1.23. The fraction of sp³-hybridized carbons (Fsp3) is 0. The maximum atomic E-state index is 5.67. The molecule has 17 heavy (non-hydrogen) atoms. The van der Waals surface area contributed by atoms with Gasteiger partial charge in [-0.05, 0) is 36.4 Å². The molecule has 0 aliphatic rings. The minimum Gasteiger partial charge on any atom is -0.399 e. The van der Waals surface area contributed by atoms with Crippen LogP contribution < -0.4 is 11.5 Å². The van der Waals surface area contributed by atoms with Crippen LogP contribution in [0.4, 0.5) is 11.4 Å². The van der Waals surface area contributed by atoms with E-state index < -0.39 is 0 Å². The van der Waals surface area contributed by atoms with Crippen molar-refractivity contribution in [3.8, 4) is 0 Å². The van der Waals surface area contributed by atoms with Crippen LogP contribution in [0.15, 0.2) is 58.3 Å². The Kier molecular flexibility index (Phi) is 4.19. The summed E-state index contributed by atoms with van der Waals surface area (Å²) in [6, 6.07) is 15.1. The number of nitrogen functional groups attached to an aromatic ring is 2. The lowest BCUT2D eigenvalue weighted by atomic mass is 10.3. The Bertz CT molecular complexity index is 460. The first-order valence-corrected chi connectivity index (χ1v) is 6.44. The van der Waals surface area contributed by atoms with Crippen LogP contribution in [0.2, 0.25) is 0 Å². The van der Waals surface area contributed by atoms with Gasteiger partial charge in [-0.1, -0.05) is 12.1 Å². The molecule has 0 aliphatic carbocycles. The zero-order valence-electron chi connectivity index (χ0n) is 9.00. The minimum absolute atomic E-state index is 0.729. The van der Waals surface area contributed by atoms with Crippen LogP contribution in [-0.4, -0.2) is 0 Å². The van der Waals surface area contributed by atoms with E-state index >= 15 is 0 Å². The van der Waals surface area contributed by atoms with Crippen LogP contribution >= 0.6 is 24.1 Å². The van der Waals surface area contributed by atoms with Gasteiger partial charge in [0, 0.05) is 45.3 Å². The third-order valence-electron chi connectivity index (χ3n) is 1.98. The quantitative estimate of drug-likeness (QED) is 0.653. The maximum Gasteiger partial charge on any atom is 0.0448 e. The van der Waals surface area contributed by atoms with Crippen molar-refractivity contribution in [1.29, 1.82) is 0 Å². The molecule has 2 aromatic rings. The summed E-state index contributed by atoms with van der Waals surface area (Å²) in [5.74, 6) is 0. The van der Waals surface area contributed by atoms with Crippen molar-refractivity contribution < 1.29 is 3.63 Å². The molecule has 0 fully saturated rings. The summed E-state index contributed by atoms with van der Waals surface area (Å²) < 4.78 is 5.44. The molecule has 0 aromatic heterocycles. The first kappa shape index (κ1) is 12.2. The van der Waals surface area contributed by atoms with Gasteiger partial charge in [-0.15, -0.1) is 0 Å². The number of hydrogen-bond acceptors (Lipinski definition) is 5. The number of anilines is 2. The first-order chi connectivity index (χ1) is 8.24. The predicted octanol–water partition coefficient (Wildman–Crippen LogP) is 3.58. The Labute approximate surface area is 109 Å². The Morgan fingerprint density at radius 2 is 1.24 bits per heavy atom. The van der Waals surface area contributed by atoms with E-state index in [0.29, 0.717) is 0 Å². The van der Waals surface area contributed by atoms with Crippen LogP contribution in [-0.2, 0) is 3.63 Å². The third kappa shape index (κ3) is 3.89. The average Bonchev–Trinajstić information content (AvgIpc) is 2.29. The van der Waals surface area contributed by atoms with E-state index in [-0.39, 0.29) is 0 Å². The maximum absolute atomic E-state index is 5.67. The normalized spacial score (nSPS) is 10.4. The highest BCUT2D eigenvalue weighted by molar-refractivity contribution is 8.07. The van der Waals surface area contributed by atoms with Gasteiger partial charge in [0.1, 0.15) is 0 Å². The van der Waals surface area contributed by atoms with E-state index in [0.717, 1.165) is 21.2 Å². The Balaban J connectivity index is 1.87. The highest BCUT2D eigenvalue weighted by Gasteiger charge is 1.99. The molecule has 5 heteroatoms. The van der Waals surface area contributed by atoms with Gasteiger partial charge in [-0.2, -0.15) is 0 Å². The Morgan fingerprint density at radius 3 is 1.65 bits per heavy atom. The zero-order chi connectivity index (χ0) is 12.1. The molecule has 88 valence electrons. The summed E-state index contributed by atoms with van der Waals surface area (Å²) in [6.45, 7) is 0. The molecule has 0 amide bonds. The monoisotopic (exact) mass is 264 g/mol. The highest BCUT2D eigenvalue weighted by atomic mass is 32.2. The lowest BCUT2D eigenvalue weighted by molar-refractivity contribution is 0.757. The van der Waals surface area contributed by atoms with Crippen molar-refractivity contribution in [3.05, 3.63) is 48.5 Å². The molecule has 0 radical (unpaired) electrons. The van der Waals surface area contributed by atoms with Crippen molar-refractivity contribution in [2.45, 2.75) is 9.79 Å². The van der Waals surface area contributed by atoms with Crippen molar-refractivity contribution >= 4 is 35.5 Å². The standard InChI is InChI=1S/C12H12N2OS2/c13-9-3-1-5-11(7-9)16-15-17-12-6-2-4-10(14)8-12/h1-8H,13-14H2. The highest BCUT2D eigenvalue weighted by Crippen LogP contribution is 2.30. The Hall–Kier alpha value is -1.30. The third-order valence-corrected chi connectivity index (χ3v) is 3.41. The van der Waals surface area contributed by atoms with Crippen LogP contribution in [0, 0.1) is 0 Å². The second-order valence-corrected chi connectivity index (χ2v) is 5.20. The molecular weight excluding hydrogens is 252 g/mol. The SMILES string of the molecule is Nc1cccc(SOSc2cccc(N)c2)c1. The van der Waals surface area contributed by atoms with Crippen LogP contribution in [0.25, 0.3) is 0 Å². The first-order valence-electron chi connectivity index (χ1n) is 4.96. The molecule has 0 spiro atoms. The van der Waals surface area contributed by atoms with Gasteiger partial charge in [-0.25, -0.2) is 3.63 Å². The number of hydrogen-bond donors (Lipinski definition) is 2. The van der Waals surface area contributed by atoms with Gasteiger partial charge < -0.3 is 11.5 Å². The molecule has 3 nitrogen and oxygen atoms in total. The summed E-state index contributed by atoms with van der Waals surface area (Å²) in [6.07, 6.45) is 0. The lowest BCUT2D eigenvalue weighted by Gasteiger charge is -2.02. The molecule has 0 saturated heterocycles. The molecule has 0 atom stereocenters. The second kappa shape index (κ2) is 5.86. The molecule has 4 N–H and O–H groups in total. The molecule has 2 rings (SSSR count). The summed E-state index contributed by atoms with van der Waals surface area (Å²) in [7, 11) is 0. The number of benzene rings is 2. The van der Waals surface area contributed by atoms with Crippen molar-refractivity contribution in [2.75, 3.05) is 11.5 Å². The number of nitrogens with two attached hydrogens (primary N) is 2. The van der Waals surface area contributed by atoms with Gasteiger partial charge in [0.05, 0.1) is 0 Å². The van der Waals surface area contributed by atoms with E-state index in [9.17, 15) is 0 Å². The topological polar surface area (TPSA) is 61.3 Å². The Morgan fingerprint density at radius 1 is 0.765 bits per heavy atom. The van der Waals surface area contributed by atoms with Gasteiger partial charge in [0.15, 0.2) is 0 Å². The van der Waals surface area contributed by atoms with E-state index in [4.69, 9.17) is 15.1 Å². The van der Waals surface area contributed by atoms with Crippen molar-refractivity contribution in [3.63, 3.8) is 0 Å². The van der Waals surface area contributed by atoms with Gasteiger partial charge in [-0.3, -0.25) is 0 Å². The smallest absolute Gasteiger partial charge is 0.0448 e. The lowest BCUT2D eigenvalue weighted by Crippen LogP contribution is -1.84. The summed E-state index contributed by atoms with van der Waals surface area (Å²) in [5, 5.41) is 0. The molecule has 0 unspecified atom stereocenters. The van der Waals surface area contributed by atoms with Gasteiger partial charge in [0.25, 0.3) is 0 Å². The molecule has 0 heterocycles. The average molecular weight is 264 g/mol. The van der Waals surface area contributed by atoms with E-state index in [1.54, 1.807) is 0 Å². The van der Waals surface area contributed by atoms with Gasteiger partial charge in [0.2, 0.25) is 0 Å². The second-order valence-electron chi connectivity index (χ2n) is 3.38.